The number of rotatable bonds is 4. The first-order chi connectivity index (χ1) is 12.4. The third-order valence-electron chi connectivity index (χ3n) is 6.30. The molecule has 2 saturated carbocycles. The van der Waals surface area contributed by atoms with Gasteiger partial charge in [-0.2, -0.15) is 0 Å². The molecule has 0 spiro atoms. The van der Waals surface area contributed by atoms with Crippen LogP contribution in [-0.4, -0.2) is 29.2 Å². The Balaban J connectivity index is 1.38. The lowest BCUT2D eigenvalue weighted by Crippen LogP contribution is -2.35. The fourth-order valence-corrected chi connectivity index (χ4v) is 5.37. The van der Waals surface area contributed by atoms with E-state index in [1.807, 2.05) is 26.0 Å². The van der Waals surface area contributed by atoms with Crippen LogP contribution in [0.4, 0.5) is 5.69 Å². The van der Waals surface area contributed by atoms with Crippen molar-refractivity contribution in [1.29, 1.82) is 0 Å². The third kappa shape index (κ3) is 2.79. The molecular formula is C20H23BrN2O3. The van der Waals surface area contributed by atoms with Gasteiger partial charge in [0.05, 0.1) is 11.8 Å². The van der Waals surface area contributed by atoms with Crippen LogP contribution >= 0.6 is 15.9 Å². The number of hydrogen-bond donors (Lipinski definition) is 1. The summed E-state index contributed by atoms with van der Waals surface area (Å²) in [7, 11) is 0. The Hall–Kier alpha value is -1.69. The van der Waals surface area contributed by atoms with Crippen molar-refractivity contribution in [2.75, 3.05) is 11.9 Å². The fourth-order valence-electron chi connectivity index (χ4n) is 5.15. The van der Waals surface area contributed by atoms with Crippen LogP contribution in [0, 0.1) is 37.5 Å². The largest absolute Gasteiger partial charge is 0.326 e. The van der Waals surface area contributed by atoms with Crippen LogP contribution < -0.4 is 5.32 Å². The molecule has 4 rings (SSSR count). The normalized spacial score (nSPS) is 29.4. The van der Waals surface area contributed by atoms with Gasteiger partial charge in [-0.1, -0.05) is 15.9 Å². The van der Waals surface area contributed by atoms with Gasteiger partial charge in [0.15, 0.2) is 0 Å². The van der Waals surface area contributed by atoms with Crippen molar-refractivity contribution in [3.05, 3.63) is 27.7 Å². The third-order valence-corrected chi connectivity index (χ3v) is 7.55. The molecule has 1 saturated heterocycles. The zero-order valence-electron chi connectivity index (χ0n) is 15.0. The average molecular weight is 419 g/mol. The number of carbonyl (C=O) groups excluding carboxylic acids is 3. The van der Waals surface area contributed by atoms with Crippen LogP contribution in [0.3, 0.4) is 0 Å². The number of nitrogens with one attached hydrogen (secondary N) is 1. The molecular weight excluding hydrogens is 396 g/mol. The Bertz CT molecular complexity index is 755. The molecule has 3 aliphatic rings. The second kappa shape index (κ2) is 6.48. The van der Waals surface area contributed by atoms with Gasteiger partial charge in [-0.3, -0.25) is 19.3 Å². The van der Waals surface area contributed by atoms with Crippen LogP contribution in [0.25, 0.3) is 0 Å². The number of nitrogens with zero attached hydrogens (tertiary/aromatic N) is 1. The maximum atomic E-state index is 12.7. The Morgan fingerprint density at radius 3 is 2.19 bits per heavy atom. The van der Waals surface area contributed by atoms with E-state index in [9.17, 15) is 14.4 Å². The zero-order chi connectivity index (χ0) is 18.6. The van der Waals surface area contributed by atoms with Crippen LogP contribution in [-0.2, 0) is 14.4 Å². The minimum atomic E-state index is -0.174. The number of hydrogen-bond acceptors (Lipinski definition) is 3. The molecule has 0 radical (unpaired) electrons. The Morgan fingerprint density at radius 2 is 1.65 bits per heavy atom. The van der Waals surface area contributed by atoms with Crippen molar-refractivity contribution in [2.24, 2.45) is 23.7 Å². The Kier molecular flexibility index (Phi) is 4.41. The molecule has 3 amide bonds. The van der Waals surface area contributed by atoms with Crippen molar-refractivity contribution < 1.29 is 14.4 Å². The zero-order valence-corrected chi connectivity index (χ0v) is 16.6. The van der Waals surface area contributed by atoms with E-state index >= 15 is 0 Å². The van der Waals surface area contributed by atoms with Gasteiger partial charge in [0.1, 0.15) is 0 Å². The van der Waals surface area contributed by atoms with Gasteiger partial charge in [0.25, 0.3) is 0 Å². The lowest BCUT2D eigenvalue weighted by molar-refractivity contribution is -0.140. The van der Waals surface area contributed by atoms with Crippen molar-refractivity contribution in [3.63, 3.8) is 0 Å². The lowest BCUT2D eigenvalue weighted by atomic mass is 9.81. The molecule has 1 aromatic carbocycles. The number of fused-ring (bicyclic) bond motifs is 5. The van der Waals surface area contributed by atoms with Crippen molar-refractivity contribution >= 4 is 39.3 Å². The first kappa shape index (κ1) is 17.7. The second-order valence-electron chi connectivity index (χ2n) is 7.94. The lowest BCUT2D eigenvalue weighted by Gasteiger charge is -2.19. The van der Waals surface area contributed by atoms with E-state index in [0.717, 1.165) is 40.5 Å². The molecule has 1 N–H and O–H groups in total. The standard InChI is InChI=1S/C20H23BrN2O3/c1-10-7-14(8-11(2)18(10)21)22-15(24)5-6-23-19(25)16-12-3-4-13(9-12)17(16)20(23)26/h7-8,12-13,16-17H,3-6,9H2,1-2H3,(H,22,24)/t12-,13+,16-,17-/m0/s1. The maximum absolute atomic E-state index is 12.7. The number of likely N-dealkylation sites (tertiary alicyclic amines) is 1. The minimum absolute atomic E-state index is 0.0460. The van der Waals surface area contributed by atoms with Gasteiger partial charge in [0, 0.05) is 23.1 Å². The number of halogens is 1. The number of anilines is 1. The number of carbonyl (C=O) groups is 3. The van der Waals surface area contributed by atoms with E-state index in [-0.39, 0.29) is 42.5 Å². The van der Waals surface area contributed by atoms with Gasteiger partial charge in [-0.05, 0) is 68.2 Å². The summed E-state index contributed by atoms with van der Waals surface area (Å²) < 4.78 is 1.03. The molecule has 6 heteroatoms. The number of imide groups is 1. The summed E-state index contributed by atoms with van der Waals surface area (Å²) in [4.78, 5) is 39.0. The molecule has 0 aromatic heterocycles. The summed E-state index contributed by atoms with van der Waals surface area (Å²) in [6.07, 6.45) is 3.31. The summed E-state index contributed by atoms with van der Waals surface area (Å²) in [5.41, 5.74) is 2.84. The molecule has 0 unspecified atom stereocenters. The maximum Gasteiger partial charge on any atom is 0.233 e. The summed E-state index contributed by atoms with van der Waals surface area (Å²) in [6.45, 7) is 4.13. The van der Waals surface area contributed by atoms with Crippen LogP contribution in [0.1, 0.15) is 36.8 Å². The highest BCUT2D eigenvalue weighted by molar-refractivity contribution is 9.10. The van der Waals surface area contributed by atoms with Crippen molar-refractivity contribution in [2.45, 2.75) is 39.5 Å². The molecule has 1 aliphatic heterocycles. The second-order valence-corrected chi connectivity index (χ2v) is 8.73. The van der Waals surface area contributed by atoms with E-state index in [1.54, 1.807) is 0 Å². The molecule has 4 atom stereocenters. The molecule has 3 fully saturated rings. The number of aryl methyl sites for hydroxylation is 2. The first-order valence-corrected chi connectivity index (χ1v) is 10.1. The summed E-state index contributed by atoms with van der Waals surface area (Å²) in [5, 5.41) is 2.88. The molecule has 2 aliphatic carbocycles. The monoisotopic (exact) mass is 418 g/mol. The highest BCUT2D eigenvalue weighted by Gasteiger charge is 2.60. The highest BCUT2D eigenvalue weighted by atomic mass is 79.9. The van der Waals surface area contributed by atoms with Gasteiger partial charge in [-0.15, -0.1) is 0 Å². The van der Waals surface area contributed by atoms with E-state index in [2.05, 4.69) is 21.2 Å². The highest BCUT2D eigenvalue weighted by Crippen LogP contribution is 2.56. The van der Waals surface area contributed by atoms with E-state index in [1.165, 1.54) is 4.90 Å². The summed E-state index contributed by atoms with van der Waals surface area (Å²) in [5.74, 6) is 0.280. The summed E-state index contributed by atoms with van der Waals surface area (Å²) >= 11 is 3.51. The van der Waals surface area contributed by atoms with E-state index in [0.29, 0.717) is 11.8 Å². The topological polar surface area (TPSA) is 66.5 Å². The van der Waals surface area contributed by atoms with Gasteiger partial charge < -0.3 is 5.32 Å². The predicted octanol–water partition coefficient (Wildman–Crippen LogP) is 3.43. The Labute approximate surface area is 161 Å². The van der Waals surface area contributed by atoms with Crippen molar-refractivity contribution in [1.82, 2.24) is 4.90 Å². The number of benzene rings is 1. The summed E-state index contributed by atoms with van der Waals surface area (Å²) in [6, 6.07) is 3.81. The molecule has 2 bridgehead atoms. The minimum Gasteiger partial charge on any atom is -0.326 e. The number of amides is 3. The SMILES string of the molecule is Cc1cc(NC(=O)CCN2C(=O)[C@H]3[C@@H]4CC[C@@H](C4)[C@@H]3C2=O)cc(C)c1Br. The van der Waals surface area contributed by atoms with Crippen LogP contribution in [0.15, 0.2) is 16.6 Å². The quantitative estimate of drug-likeness (QED) is 0.761. The predicted molar refractivity (Wildman–Crippen MR) is 101 cm³/mol. The van der Waals surface area contributed by atoms with Crippen molar-refractivity contribution in [3.8, 4) is 0 Å². The van der Waals surface area contributed by atoms with E-state index < -0.39 is 0 Å². The smallest absolute Gasteiger partial charge is 0.233 e. The van der Waals surface area contributed by atoms with Crippen LogP contribution in [0.5, 0.6) is 0 Å². The fraction of sp³-hybridized carbons (Fsp3) is 0.550. The van der Waals surface area contributed by atoms with Crippen LogP contribution in [0.2, 0.25) is 0 Å². The molecule has 138 valence electrons. The molecule has 5 nitrogen and oxygen atoms in total. The molecule has 1 heterocycles. The molecule has 26 heavy (non-hydrogen) atoms. The van der Waals surface area contributed by atoms with Gasteiger partial charge in [-0.25, -0.2) is 0 Å². The Morgan fingerprint density at radius 1 is 1.12 bits per heavy atom. The van der Waals surface area contributed by atoms with Gasteiger partial charge in [0.2, 0.25) is 17.7 Å². The first-order valence-electron chi connectivity index (χ1n) is 9.28. The van der Waals surface area contributed by atoms with Gasteiger partial charge >= 0.3 is 0 Å². The molecule has 1 aromatic rings. The average Bonchev–Trinajstić information content (AvgIpc) is 3.26. The van der Waals surface area contributed by atoms with E-state index in [4.69, 9.17) is 0 Å².